The SMILES string of the molecule is COc1cc(-c2cc(C(=O)NC3CCC(NC(=O)[C@@H](C)N)CC3)c3c(N)ncnn23)ccn1. The molecule has 0 aromatic carbocycles. The summed E-state index contributed by atoms with van der Waals surface area (Å²) in [6.07, 6.45) is 6.02. The number of hydrogen-bond donors (Lipinski definition) is 4. The highest BCUT2D eigenvalue weighted by Crippen LogP contribution is 2.29. The van der Waals surface area contributed by atoms with Gasteiger partial charge in [-0.25, -0.2) is 14.5 Å². The van der Waals surface area contributed by atoms with Crippen molar-refractivity contribution in [2.75, 3.05) is 12.8 Å². The number of fused-ring (bicyclic) bond motifs is 1. The minimum atomic E-state index is -0.534. The van der Waals surface area contributed by atoms with Crippen molar-refractivity contribution in [1.82, 2.24) is 30.2 Å². The molecule has 0 saturated heterocycles. The molecule has 0 radical (unpaired) electrons. The predicted octanol–water partition coefficient (Wildman–Crippen LogP) is 0.887. The third-order valence-corrected chi connectivity index (χ3v) is 5.89. The molecule has 0 bridgehead atoms. The van der Waals surface area contributed by atoms with Crippen LogP contribution in [0.4, 0.5) is 5.82 Å². The van der Waals surface area contributed by atoms with Gasteiger partial charge >= 0.3 is 0 Å². The quantitative estimate of drug-likeness (QED) is 0.428. The first kappa shape index (κ1) is 22.5. The number of anilines is 1. The number of rotatable bonds is 6. The van der Waals surface area contributed by atoms with Gasteiger partial charge in [-0.3, -0.25) is 9.59 Å². The summed E-state index contributed by atoms with van der Waals surface area (Å²) in [5, 5.41) is 10.4. The molecule has 4 rings (SSSR count). The Bertz CT molecular complexity index is 1170. The van der Waals surface area contributed by atoms with Gasteiger partial charge in [-0.05, 0) is 44.7 Å². The van der Waals surface area contributed by atoms with Crippen LogP contribution in [-0.4, -0.2) is 56.6 Å². The maximum Gasteiger partial charge on any atom is 0.253 e. The predicted molar refractivity (Wildman–Crippen MR) is 122 cm³/mol. The first-order valence-electron chi connectivity index (χ1n) is 10.9. The topological polar surface area (TPSA) is 163 Å². The number of nitrogen functional groups attached to an aromatic ring is 1. The summed E-state index contributed by atoms with van der Waals surface area (Å²) in [5.41, 5.74) is 14.0. The van der Waals surface area contributed by atoms with Crippen molar-refractivity contribution in [2.45, 2.75) is 50.7 Å². The Morgan fingerprint density at radius 2 is 1.85 bits per heavy atom. The summed E-state index contributed by atoms with van der Waals surface area (Å²) in [4.78, 5) is 33.3. The first-order chi connectivity index (χ1) is 15.9. The molecule has 0 spiro atoms. The van der Waals surface area contributed by atoms with Gasteiger partial charge in [-0.2, -0.15) is 5.10 Å². The van der Waals surface area contributed by atoms with E-state index in [1.807, 2.05) is 6.07 Å². The van der Waals surface area contributed by atoms with Crippen LogP contribution in [0.15, 0.2) is 30.7 Å². The third-order valence-electron chi connectivity index (χ3n) is 5.89. The fourth-order valence-electron chi connectivity index (χ4n) is 4.10. The lowest BCUT2D eigenvalue weighted by atomic mass is 9.90. The lowest BCUT2D eigenvalue weighted by Gasteiger charge is -2.30. The van der Waals surface area contributed by atoms with Gasteiger partial charge in [-0.1, -0.05) is 0 Å². The maximum atomic E-state index is 13.2. The van der Waals surface area contributed by atoms with Crippen LogP contribution in [0.25, 0.3) is 16.8 Å². The molecule has 3 aromatic heterocycles. The molecule has 6 N–H and O–H groups in total. The van der Waals surface area contributed by atoms with Crippen LogP contribution in [0.1, 0.15) is 43.0 Å². The van der Waals surface area contributed by atoms with Crippen LogP contribution in [0.2, 0.25) is 0 Å². The average molecular weight is 453 g/mol. The molecule has 174 valence electrons. The normalized spacial score (nSPS) is 19.1. The van der Waals surface area contributed by atoms with Crippen molar-refractivity contribution < 1.29 is 14.3 Å². The Labute approximate surface area is 190 Å². The van der Waals surface area contributed by atoms with E-state index in [0.717, 1.165) is 31.2 Å². The molecular weight excluding hydrogens is 424 g/mol. The number of amides is 2. The second kappa shape index (κ2) is 9.41. The van der Waals surface area contributed by atoms with Crippen molar-refractivity contribution in [2.24, 2.45) is 5.73 Å². The molecule has 0 unspecified atom stereocenters. The maximum absolute atomic E-state index is 13.2. The summed E-state index contributed by atoms with van der Waals surface area (Å²) in [6, 6.07) is 4.85. The van der Waals surface area contributed by atoms with Gasteiger partial charge in [0, 0.05) is 29.9 Å². The van der Waals surface area contributed by atoms with E-state index < -0.39 is 6.04 Å². The Morgan fingerprint density at radius 3 is 2.52 bits per heavy atom. The minimum Gasteiger partial charge on any atom is -0.481 e. The number of nitrogens with two attached hydrogens (primary N) is 2. The largest absolute Gasteiger partial charge is 0.481 e. The number of aromatic nitrogens is 4. The first-order valence-corrected chi connectivity index (χ1v) is 10.9. The summed E-state index contributed by atoms with van der Waals surface area (Å²) in [6.45, 7) is 1.66. The summed E-state index contributed by atoms with van der Waals surface area (Å²) in [7, 11) is 1.54. The Kier molecular flexibility index (Phi) is 6.40. The van der Waals surface area contributed by atoms with E-state index in [1.165, 1.54) is 13.4 Å². The summed E-state index contributed by atoms with van der Waals surface area (Å²) < 4.78 is 6.83. The van der Waals surface area contributed by atoms with Crippen LogP contribution in [0.5, 0.6) is 5.88 Å². The molecule has 1 aliphatic carbocycles. The molecular formula is C22H28N8O3. The van der Waals surface area contributed by atoms with Crippen LogP contribution in [-0.2, 0) is 4.79 Å². The van der Waals surface area contributed by atoms with E-state index in [0.29, 0.717) is 22.7 Å². The number of nitrogens with zero attached hydrogens (tertiary/aromatic N) is 4. The second-order valence-electron chi connectivity index (χ2n) is 8.26. The lowest BCUT2D eigenvalue weighted by molar-refractivity contribution is -0.122. The number of hydrogen-bond acceptors (Lipinski definition) is 8. The van der Waals surface area contributed by atoms with Gasteiger partial charge in [0.1, 0.15) is 11.8 Å². The van der Waals surface area contributed by atoms with Crippen LogP contribution >= 0.6 is 0 Å². The van der Waals surface area contributed by atoms with Crippen LogP contribution in [0, 0.1) is 0 Å². The Morgan fingerprint density at radius 1 is 1.15 bits per heavy atom. The van der Waals surface area contributed by atoms with Crippen molar-refractivity contribution in [3.05, 3.63) is 36.3 Å². The van der Waals surface area contributed by atoms with E-state index in [-0.39, 0.29) is 29.7 Å². The van der Waals surface area contributed by atoms with Crippen molar-refractivity contribution in [3.8, 4) is 17.1 Å². The van der Waals surface area contributed by atoms with Crippen LogP contribution in [0.3, 0.4) is 0 Å². The molecule has 11 nitrogen and oxygen atoms in total. The molecule has 2 amide bonds. The number of pyridine rings is 1. The lowest BCUT2D eigenvalue weighted by Crippen LogP contribution is -2.47. The average Bonchev–Trinajstić information content (AvgIpc) is 3.21. The monoisotopic (exact) mass is 452 g/mol. The third kappa shape index (κ3) is 4.72. The molecule has 11 heteroatoms. The van der Waals surface area contributed by atoms with Gasteiger partial charge < -0.3 is 26.8 Å². The van der Waals surface area contributed by atoms with E-state index in [1.54, 1.807) is 29.8 Å². The standard InChI is InChI=1S/C22H28N8O3/c1-12(23)21(31)28-14-3-5-15(6-4-14)29-22(32)16-10-17(13-7-8-25-18(9-13)33-2)30-19(16)20(24)26-11-27-30/h7-12,14-15H,3-6,23H2,1-2H3,(H,28,31)(H,29,32)(H2,24,26,27)/t12-,14?,15?/m1/s1. The number of nitrogens with one attached hydrogen (secondary N) is 2. The van der Waals surface area contributed by atoms with E-state index >= 15 is 0 Å². The van der Waals surface area contributed by atoms with Crippen molar-refractivity contribution in [1.29, 1.82) is 0 Å². The minimum absolute atomic E-state index is 0.00812. The smallest absolute Gasteiger partial charge is 0.253 e. The fourth-order valence-corrected chi connectivity index (χ4v) is 4.10. The van der Waals surface area contributed by atoms with E-state index in [4.69, 9.17) is 16.2 Å². The molecule has 1 fully saturated rings. The molecule has 0 aliphatic heterocycles. The van der Waals surface area contributed by atoms with E-state index in [2.05, 4.69) is 25.7 Å². The Balaban J connectivity index is 1.54. The van der Waals surface area contributed by atoms with Crippen molar-refractivity contribution >= 4 is 23.1 Å². The molecule has 1 saturated carbocycles. The van der Waals surface area contributed by atoms with Gasteiger partial charge in [0.15, 0.2) is 5.82 Å². The molecule has 1 aliphatic rings. The molecule has 3 heterocycles. The zero-order valence-electron chi connectivity index (χ0n) is 18.6. The zero-order chi connectivity index (χ0) is 23.5. The highest BCUT2D eigenvalue weighted by molar-refractivity contribution is 6.05. The van der Waals surface area contributed by atoms with Gasteiger partial charge in [0.05, 0.1) is 24.4 Å². The van der Waals surface area contributed by atoms with Crippen molar-refractivity contribution in [3.63, 3.8) is 0 Å². The molecule has 1 atom stereocenters. The zero-order valence-corrected chi connectivity index (χ0v) is 18.6. The molecule has 3 aromatic rings. The van der Waals surface area contributed by atoms with Gasteiger partial charge in [0.2, 0.25) is 11.8 Å². The highest BCUT2D eigenvalue weighted by atomic mass is 16.5. The van der Waals surface area contributed by atoms with Crippen LogP contribution < -0.4 is 26.8 Å². The molecule has 33 heavy (non-hydrogen) atoms. The second-order valence-corrected chi connectivity index (χ2v) is 8.26. The van der Waals surface area contributed by atoms with Gasteiger partial charge in [0.25, 0.3) is 5.91 Å². The fraction of sp³-hybridized carbons (Fsp3) is 0.409. The number of carbonyl (C=O) groups excluding carboxylic acids is 2. The highest BCUT2D eigenvalue weighted by Gasteiger charge is 2.27. The Hall–Kier alpha value is -3.73. The summed E-state index contributed by atoms with van der Waals surface area (Å²) >= 11 is 0. The summed E-state index contributed by atoms with van der Waals surface area (Å²) in [5.74, 6) is 0.260. The number of methoxy groups -OCH3 is 1. The van der Waals surface area contributed by atoms with Gasteiger partial charge in [-0.15, -0.1) is 0 Å². The van der Waals surface area contributed by atoms with E-state index in [9.17, 15) is 9.59 Å². The number of ether oxygens (including phenoxy) is 1. The number of carbonyl (C=O) groups is 2.